The second-order valence-electron chi connectivity index (χ2n) is 24.0. The van der Waals surface area contributed by atoms with Gasteiger partial charge in [0.1, 0.15) is 23.3 Å². The molecule has 0 radical (unpaired) electrons. The van der Waals surface area contributed by atoms with Crippen molar-refractivity contribution in [1.29, 1.82) is 10.5 Å². The minimum atomic E-state index is 0.467. The lowest BCUT2D eigenvalue weighted by Crippen LogP contribution is -2.17. The van der Waals surface area contributed by atoms with Crippen LogP contribution in [0.4, 0.5) is 0 Å². The Morgan fingerprint density at radius 1 is 0.293 bits per heavy atom. The van der Waals surface area contributed by atoms with E-state index >= 15 is 0 Å². The predicted molar refractivity (Wildman–Crippen MR) is 348 cm³/mol. The average Bonchev–Trinajstić information content (AvgIpc) is 2.99. The molecule has 5 heterocycles. The molecule has 15 rings (SSSR count). The predicted octanol–water partition coefficient (Wildman–Crippen LogP) is 20.2. The molecule has 0 bridgehead atoms. The summed E-state index contributed by atoms with van der Waals surface area (Å²) >= 11 is 1.80. The van der Waals surface area contributed by atoms with E-state index in [1.165, 1.54) is 10.1 Å². The van der Waals surface area contributed by atoms with E-state index in [0.717, 1.165) is 170 Å². The first-order valence-corrected chi connectivity index (χ1v) is 29.3. The third kappa shape index (κ3) is 6.60. The molecule has 15 aromatic rings. The molecule has 0 amide bonds. The number of hydrogen-bond donors (Lipinski definition) is 0. The normalized spacial score (nSPS) is 12.2. The maximum atomic E-state index is 13.2. The highest BCUT2D eigenvalue weighted by Gasteiger charge is 2.36. The van der Waals surface area contributed by atoms with Gasteiger partial charge in [-0.25, -0.2) is 0 Å². The Bertz CT molecular complexity index is 5370. The van der Waals surface area contributed by atoms with Gasteiger partial charge in [-0.15, -0.1) is 11.3 Å². The van der Waals surface area contributed by atoms with Gasteiger partial charge >= 0.3 is 0 Å². The minimum Gasteiger partial charge on any atom is -0.305 e. The van der Waals surface area contributed by atoms with Crippen molar-refractivity contribution in [3.05, 3.63) is 211 Å². The highest BCUT2D eigenvalue weighted by Crippen LogP contribution is 2.52. The molecular formula is C75H60N6S. The number of benzene rings is 10. The van der Waals surface area contributed by atoms with Crippen LogP contribution in [0.2, 0.25) is 0 Å². The third-order valence-corrected chi connectivity index (χ3v) is 19.0. The number of aryl methyl sites for hydroxylation is 13. The molecule has 5 aromatic heterocycles. The van der Waals surface area contributed by atoms with Crippen molar-refractivity contribution in [2.24, 2.45) is 0 Å². The Labute approximate surface area is 480 Å². The molecule has 0 saturated heterocycles. The van der Waals surface area contributed by atoms with Gasteiger partial charge in [0.2, 0.25) is 0 Å². The maximum absolute atomic E-state index is 13.2. The standard InChI is InChI=1S/C75H60N6S/c1-37-18-21-62-53(28-37)51-19-20-52-50-16-14-15-17-63(50)82-75(52)74(51)78(62)70-60(35-76)72(80-66-46(10)24-40(4)31-56(66)57-32-41(5)25-47(11)67(57)80)73(81-68-48(12)26-42(6)33-58(68)59-34-43(7)27-49(13)69(59)81)61(36-77)71(70)79-64-44(8)22-38(2)29-54(64)55-30-39(3)23-45(9)65(55)79/h14-34H,1-13H3. The highest BCUT2D eigenvalue weighted by molar-refractivity contribution is 7.26. The quantitative estimate of drug-likeness (QED) is 0.176. The summed E-state index contributed by atoms with van der Waals surface area (Å²) in [5, 5.41) is 37.6. The zero-order chi connectivity index (χ0) is 56.8. The molecule has 0 spiro atoms. The number of rotatable bonds is 4. The average molecular weight is 1080 g/mol. The SMILES string of the molecule is Cc1ccc2c(c1)c1ccc3c4ccccc4sc3c1n2-c1c(C#N)c(-n2c3c(C)cc(C)cc3c3cc(C)cc(C)c32)c(-n2c3c(C)cc(C)cc3c3cc(C)cc(C)c32)c(C#N)c1-n1c2c(C)cc(C)cc2c2cc(C)cc(C)c21. The van der Waals surface area contributed by atoms with Crippen LogP contribution in [-0.4, -0.2) is 18.3 Å². The summed E-state index contributed by atoms with van der Waals surface area (Å²) in [7, 11) is 0. The van der Waals surface area contributed by atoms with E-state index in [0.29, 0.717) is 33.9 Å². The Balaban J connectivity index is 1.34. The van der Waals surface area contributed by atoms with Gasteiger partial charge in [-0.3, -0.25) is 0 Å². The van der Waals surface area contributed by atoms with Gasteiger partial charge in [0.15, 0.2) is 0 Å². The van der Waals surface area contributed by atoms with E-state index in [2.05, 4.69) is 248 Å². The lowest BCUT2D eigenvalue weighted by molar-refractivity contribution is 1.02. The van der Waals surface area contributed by atoms with Crippen LogP contribution in [0.1, 0.15) is 83.5 Å². The smallest absolute Gasteiger partial charge is 0.104 e. The number of hydrogen-bond acceptors (Lipinski definition) is 3. The summed E-state index contributed by atoms with van der Waals surface area (Å²) in [6, 6.07) is 53.8. The summed E-state index contributed by atoms with van der Waals surface area (Å²) in [6.07, 6.45) is 0. The highest BCUT2D eigenvalue weighted by atomic mass is 32.1. The van der Waals surface area contributed by atoms with Gasteiger partial charge in [0, 0.05) is 58.6 Å². The Kier molecular flexibility index (Phi) is 10.5. The molecule has 0 unspecified atom stereocenters. The van der Waals surface area contributed by atoms with Gasteiger partial charge in [-0.2, -0.15) is 10.5 Å². The third-order valence-electron chi connectivity index (χ3n) is 17.8. The largest absolute Gasteiger partial charge is 0.305 e. The van der Waals surface area contributed by atoms with Gasteiger partial charge < -0.3 is 18.3 Å². The Hall–Kier alpha value is -9.40. The van der Waals surface area contributed by atoms with Crippen LogP contribution in [0.15, 0.2) is 127 Å². The number of aromatic nitrogens is 4. The van der Waals surface area contributed by atoms with Gasteiger partial charge in [-0.1, -0.05) is 112 Å². The molecule has 0 saturated carbocycles. The second-order valence-corrected chi connectivity index (χ2v) is 25.1. The van der Waals surface area contributed by atoms with Crippen LogP contribution in [-0.2, 0) is 0 Å². The first-order valence-electron chi connectivity index (χ1n) is 28.4. The van der Waals surface area contributed by atoms with Crippen LogP contribution in [0.25, 0.3) is 130 Å². The van der Waals surface area contributed by atoms with Crippen molar-refractivity contribution >= 4 is 119 Å². The number of thiophene rings is 1. The van der Waals surface area contributed by atoms with E-state index in [1.54, 1.807) is 11.3 Å². The lowest BCUT2D eigenvalue weighted by Gasteiger charge is -2.28. The zero-order valence-corrected chi connectivity index (χ0v) is 49.5. The summed E-state index contributed by atoms with van der Waals surface area (Å²) in [5.74, 6) is 0. The van der Waals surface area contributed by atoms with Crippen molar-refractivity contribution in [3.63, 3.8) is 0 Å². The molecule has 10 aromatic carbocycles. The summed E-state index contributed by atoms with van der Waals surface area (Å²) < 4.78 is 11.9. The van der Waals surface area contributed by atoms with Crippen LogP contribution in [0.3, 0.4) is 0 Å². The molecule has 0 fully saturated rings. The lowest BCUT2D eigenvalue weighted by atomic mass is 9.97. The molecule has 0 atom stereocenters. The molecule has 0 aliphatic rings. The first kappa shape index (κ1) is 49.6. The summed E-state index contributed by atoms with van der Waals surface area (Å²) in [4.78, 5) is 0. The van der Waals surface area contributed by atoms with Crippen LogP contribution >= 0.6 is 11.3 Å². The molecule has 6 nitrogen and oxygen atoms in total. The zero-order valence-electron chi connectivity index (χ0n) is 48.7. The minimum absolute atomic E-state index is 0.467. The topological polar surface area (TPSA) is 67.3 Å². The number of fused-ring (bicyclic) bond motifs is 16. The second kappa shape index (κ2) is 17.3. The van der Waals surface area contributed by atoms with Crippen LogP contribution in [0.5, 0.6) is 0 Å². The molecular weight excluding hydrogens is 1020 g/mol. The van der Waals surface area contributed by atoms with Gasteiger partial charge in [-0.05, 0) is 178 Å². The Morgan fingerprint density at radius 3 is 0.988 bits per heavy atom. The van der Waals surface area contributed by atoms with Crippen LogP contribution in [0, 0.1) is 113 Å². The van der Waals surface area contributed by atoms with Crippen LogP contribution < -0.4 is 0 Å². The molecule has 0 aliphatic carbocycles. The molecule has 7 heteroatoms. The number of nitrogens with zero attached hydrogens (tertiary/aromatic N) is 6. The molecule has 82 heavy (non-hydrogen) atoms. The van der Waals surface area contributed by atoms with Crippen molar-refractivity contribution in [3.8, 4) is 34.9 Å². The fraction of sp³-hybridized carbons (Fsp3) is 0.173. The Morgan fingerprint density at radius 2 is 0.622 bits per heavy atom. The molecule has 396 valence electrons. The van der Waals surface area contributed by atoms with E-state index in [9.17, 15) is 10.5 Å². The monoisotopic (exact) mass is 1080 g/mol. The van der Waals surface area contributed by atoms with Gasteiger partial charge in [0.05, 0.1) is 71.6 Å². The first-order chi connectivity index (χ1) is 39.5. The van der Waals surface area contributed by atoms with Crippen molar-refractivity contribution in [2.45, 2.75) is 90.0 Å². The van der Waals surface area contributed by atoms with Gasteiger partial charge in [0.25, 0.3) is 0 Å². The van der Waals surface area contributed by atoms with Crippen molar-refractivity contribution < 1.29 is 0 Å². The fourth-order valence-corrected chi connectivity index (χ4v) is 16.4. The van der Waals surface area contributed by atoms with Crippen molar-refractivity contribution in [1.82, 2.24) is 18.3 Å². The maximum Gasteiger partial charge on any atom is 0.104 e. The van der Waals surface area contributed by atoms with Crippen molar-refractivity contribution in [2.75, 3.05) is 0 Å². The van der Waals surface area contributed by atoms with E-state index in [4.69, 9.17) is 0 Å². The number of nitriles is 2. The summed E-state index contributed by atoms with van der Waals surface area (Å²) in [6.45, 7) is 28.5. The summed E-state index contributed by atoms with van der Waals surface area (Å²) in [5.41, 5.74) is 26.2. The molecule has 0 N–H and O–H groups in total. The van der Waals surface area contributed by atoms with E-state index in [1.807, 2.05) is 0 Å². The van der Waals surface area contributed by atoms with E-state index < -0.39 is 0 Å². The fourth-order valence-electron chi connectivity index (χ4n) is 15.2. The van der Waals surface area contributed by atoms with E-state index in [-0.39, 0.29) is 0 Å². The molecule has 0 aliphatic heterocycles.